The van der Waals surface area contributed by atoms with E-state index in [-0.39, 0.29) is 0 Å². The minimum atomic E-state index is 0.705. The average Bonchev–Trinajstić information content (AvgIpc) is 3.23. The van der Waals surface area contributed by atoms with Crippen LogP contribution in [0, 0.1) is 42.9 Å². The molecule has 0 atom stereocenters. The summed E-state index contributed by atoms with van der Waals surface area (Å²) in [4.78, 5) is 4.50. The van der Waals surface area contributed by atoms with Gasteiger partial charge in [0.15, 0.2) is 0 Å². The normalized spacial score (nSPS) is 18.4. The quantitative estimate of drug-likeness (QED) is 0.877. The van der Waals surface area contributed by atoms with Crippen LogP contribution in [0.3, 0.4) is 0 Å². The fourth-order valence-corrected chi connectivity index (χ4v) is 3.09. The first-order chi connectivity index (χ1) is 9.19. The van der Waals surface area contributed by atoms with Crippen LogP contribution >= 0.6 is 0 Å². The van der Waals surface area contributed by atoms with Crippen molar-refractivity contribution in [3.8, 4) is 6.07 Å². The van der Waals surface area contributed by atoms with Gasteiger partial charge in [0.25, 0.3) is 0 Å². The third-order valence-electron chi connectivity index (χ3n) is 4.42. The number of nitrogens with zero attached hydrogens (tertiary/aromatic N) is 2. The van der Waals surface area contributed by atoms with Crippen molar-refractivity contribution in [1.29, 1.82) is 5.26 Å². The highest BCUT2D eigenvalue weighted by Crippen LogP contribution is 2.49. The summed E-state index contributed by atoms with van der Waals surface area (Å²) in [6.07, 6.45) is 5.59. The topological polar surface area (TPSA) is 48.7 Å². The maximum atomic E-state index is 9.27. The van der Waals surface area contributed by atoms with Crippen LogP contribution in [0.15, 0.2) is 6.07 Å². The highest BCUT2D eigenvalue weighted by molar-refractivity contribution is 5.56. The number of nitriles is 1. The van der Waals surface area contributed by atoms with E-state index in [4.69, 9.17) is 0 Å². The van der Waals surface area contributed by atoms with Crippen molar-refractivity contribution in [2.45, 2.75) is 39.5 Å². The molecule has 3 nitrogen and oxygen atoms in total. The highest BCUT2D eigenvalue weighted by Gasteiger charge is 2.41. The molecular weight excluding hydrogens is 234 g/mol. The van der Waals surface area contributed by atoms with Crippen molar-refractivity contribution in [3.05, 3.63) is 22.9 Å². The van der Waals surface area contributed by atoms with Crippen molar-refractivity contribution in [2.24, 2.45) is 17.8 Å². The van der Waals surface area contributed by atoms with Crippen LogP contribution in [0.2, 0.25) is 0 Å². The number of pyridine rings is 1. The van der Waals surface area contributed by atoms with Crippen LogP contribution in [0.25, 0.3) is 0 Å². The SMILES string of the molecule is Cc1cc(C)c(C#N)c(NCC(C2CC2)C2CC2)n1. The van der Waals surface area contributed by atoms with Crippen LogP contribution in [0.1, 0.15) is 42.5 Å². The Kier molecular flexibility index (Phi) is 3.18. The maximum absolute atomic E-state index is 9.27. The van der Waals surface area contributed by atoms with Gasteiger partial charge in [0.1, 0.15) is 11.9 Å². The zero-order chi connectivity index (χ0) is 13.4. The smallest absolute Gasteiger partial charge is 0.144 e. The fraction of sp³-hybridized carbons (Fsp3) is 0.625. The molecule has 0 amide bonds. The van der Waals surface area contributed by atoms with Gasteiger partial charge in [-0.05, 0) is 68.9 Å². The second kappa shape index (κ2) is 4.85. The molecule has 1 aromatic heterocycles. The molecule has 100 valence electrons. The number of hydrogen-bond acceptors (Lipinski definition) is 3. The van der Waals surface area contributed by atoms with Gasteiger partial charge in [-0.3, -0.25) is 0 Å². The molecule has 0 radical (unpaired) electrons. The second-order valence-corrected chi connectivity index (χ2v) is 6.14. The minimum Gasteiger partial charge on any atom is -0.369 e. The van der Waals surface area contributed by atoms with Gasteiger partial charge < -0.3 is 5.32 Å². The zero-order valence-electron chi connectivity index (χ0n) is 11.7. The number of hydrogen-bond donors (Lipinski definition) is 1. The summed E-state index contributed by atoms with van der Waals surface area (Å²) in [6.45, 7) is 4.95. The van der Waals surface area contributed by atoms with Crippen molar-refractivity contribution < 1.29 is 0 Å². The molecule has 2 fully saturated rings. The molecule has 0 unspecified atom stereocenters. The largest absolute Gasteiger partial charge is 0.369 e. The molecule has 1 heterocycles. The second-order valence-electron chi connectivity index (χ2n) is 6.14. The summed E-state index contributed by atoms with van der Waals surface area (Å²) in [7, 11) is 0. The summed E-state index contributed by atoms with van der Waals surface area (Å²) < 4.78 is 0. The third kappa shape index (κ3) is 2.73. The lowest BCUT2D eigenvalue weighted by Gasteiger charge is -2.18. The Hall–Kier alpha value is -1.56. The molecule has 1 aromatic rings. The molecule has 1 N–H and O–H groups in total. The molecule has 0 spiro atoms. The van der Waals surface area contributed by atoms with E-state index in [0.717, 1.165) is 41.4 Å². The monoisotopic (exact) mass is 255 g/mol. The van der Waals surface area contributed by atoms with Crippen LogP contribution in [0.5, 0.6) is 0 Å². The summed E-state index contributed by atoms with van der Waals surface area (Å²) in [6, 6.07) is 4.25. The standard InChI is InChI=1S/C16H21N3/c1-10-7-11(2)19-16(14(10)8-17)18-9-15(12-3-4-12)13-5-6-13/h7,12-13,15H,3-6,9H2,1-2H3,(H,18,19). The van der Waals surface area contributed by atoms with E-state index in [0.29, 0.717) is 5.56 Å². The van der Waals surface area contributed by atoms with E-state index in [1.807, 2.05) is 19.9 Å². The molecule has 0 aliphatic heterocycles. The minimum absolute atomic E-state index is 0.705. The number of aromatic nitrogens is 1. The van der Waals surface area contributed by atoms with Gasteiger partial charge in [0, 0.05) is 12.2 Å². The van der Waals surface area contributed by atoms with Crippen LogP contribution in [0.4, 0.5) is 5.82 Å². The number of nitrogens with one attached hydrogen (secondary N) is 1. The molecule has 0 bridgehead atoms. The first-order valence-electron chi connectivity index (χ1n) is 7.31. The molecule has 19 heavy (non-hydrogen) atoms. The van der Waals surface area contributed by atoms with Crippen LogP contribution in [-0.2, 0) is 0 Å². The lowest BCUT2D eigenvalue weighted by Crippen LogP contribution is -2.19. The summed E-state index contributed by atoms with van der Waals surface area (Å²) in [5.41, 5.74) is 2.70. The van der Waals surface area contributed by atoms with Crippen molar-refractivity contribution in [3.63, 3.8) is 0 Å². The van der Waals surface area contributed by atoms with E-state index in [1.165, 1.54) is 25.7 Å². The summed E-state index contributed by atoms with van der Waals surface area (Å²) >= 11 is 0. The van der Waals surface area contributed by atoms with E-state index >= 15 is 0 Å². The summed E-state index contributed by atoms with van der Waals surface area (Å²) in [5, 5.41) is 12.7. The van der Waals surface area contributed by atoms with Gasteiger partial charge in [-0.15, -0.1) is 0 Å². The molecule has 3 heteroatoms. The Labute approximate surface area is 115 Å². The lowest BCUT2D eigenvalue weighted by atomic mass is 9.98. The van der Waals surface area contributed by atoms with Crippen molar-refractivity contribution >= 4 is 5.82 Å². The third-order valence-corrected chi connectivity index (χ3v) is 4.42. The first kappa shape index (κ1) is 12.5. The van der Waals surface area contributed by atoms with E-state index in [1.54, 1.807) is 0 Å². The molecule has 3 rings (SSSR count). The van der Waals surface area contributed by atoms with E-state index in [9.17, 15) is 5.26 Å². The Balaban J connectivity index is 1.73. The van der Waals surface area contributed by atoms with Crippen LogP contribution < -0.4 is 5.32 Å². The molecule has 2 aliphatic carbocycles. The molecule has 2 saturated carbocycles. The van der Waals surface area contributed by atoms with Gasteiger partial charge in [-0.25, -0.2) is 4.98 Å². The zero-order valence-corrected chi connectivity index (χ0v) is 11.7. The lowest BCUT2D eigenvalue weighted by molar-refractivity contribution is 0.427. The van der Waals surface area contributed by atoms with Crippen LogP contribution in [-0.4, -0.2) is 11.5 Å². The highest BCUT2D eigenvalue weighted by atomic mass is 15.0. The maximum Gasteiger partial charge on any atom is 0.144 e. The Bertz CT molecular complexity index is 510. The number of aryl methyl sites for hydroxylation is 2. The Morgan fingerprint density at radius 2 is 1.95 bits per heavy atom. The predicted molar refractivity (Wildman–Crippen MR) is 75.9 cm³/mol. The number of anilines is 1. The van der Waals surface area contributed by atoms with E-state index in [2.05, 4.69) is 16.4 Å². The fourth-order valence-electron chi connectivity index (χ4n) is 3.09. The van der Waals surface area contributed by atoms with E-state index < -0.39 is 0 Å². The van der Waals surface area contributed by atoms with Gasteiger partial charge in [-0.1, -0.05) is 0 Å². The summed E-state index contributed by atoms with van der Waals surface area (Å²) in [5.74, 6) is 3.44. The molecule has 0 aromatic carbocycles. The van der Waals surface area contributed by atoms with Gasteiger partial charge in [-0.2, -0.15) is 5.26 Å². The Morgan fingerprint density at radius 1 is 1.32 bits per heavy atom. The van der Waals surface area contributed by atoms with Gasteiger partial charge >= 0.3 is 0 Å². The molecule has 0 saturated heterocycles. The predicted octanol–water partition coefficient (Wildman–Crippen LogP) is 3.42. The average molecular weight is 255 g/mol. The first-order valence-corrected chi connectivity index (χ1v) is 7.31. The van der Waals surface area contributed by atoms with Gasteiger partial charge in [0.05, 0.1) is 5.56 Å². The van der Waals surface area contributed by atoms with Crippen molar-refractivity contribution in [1.82, 2.24) is 4.98 Å². The Morgan fingerprint density at radius 3 is 2.47 bits per heavy atom. The molecular formula is C16H21N3. The molecule has 2 aliphatic rings. The van der Waals surface area contributed by atoms with Gasteiger partial charge in [0.2, 0.25) is 0 Å². The van der Waals surface area contributed by atoms with Crippen molar-refractivity contribution in [2.75, 3.05) is 11.9 Å². The number of rotatable bonds is 5.